The molecule has 2 unspecified atom stereocenters. The van der Waals surface area contributed by atoms with Crippen LogP contribution in [0, 0.1) is 0 Å². The van der Waals surface area contributed by atoms with E-state index in [0.29, 0.717) is 11.3 Å². The van der Waals surface area contributed by atoms with Crippen LogP contribution >= 0.6 is 0 Å². The Morgan fingerprint density at radius 1 is 1.38 bits per heavy atom. The lowest BCUT2D eigenvalue weighted by molar-refractivity contribution is -0.146. The van der Waals surface area contributed by atoms with Crippen LogP contribution in [0.2, 0.25) is 0 Å². The number of carboxylic acid groups (broad SMARTS) is 1. The van der Waals surface area contributed by atoms with Crippen LogP contribution in [0.5, 0.6) is 5.75 Å². The first-order valence-electron chi connectivity index (χ1n) is 6.50. The Labute approximate surface area is 121 Å². The number of amides is 3. The van der Waals surface area contributed by atoms with Gasteiger partial charge in [0.15, 0.2) is 0 Å². The number of carboxylic acids is 1. The average molecular weight is 292 g/mol. The third-order valence-corrected chi connectivity index (χ3v) is 3.40. The van der Waals surface area contributed by atoms with E-state index in [1.54, 1.807) is 31.2 Å². The summed E-state index contributed by atoms with van der Waals surface area (Å²) in [7, 11) is 1.53. The van der Waals surface area contributed by atoms with Gasteiger partial charge in [0.25, 0.3) is 5.91 Å². The van der Waals surface area contributed by atoms with Gasteiger partial charge in [0.2, 0.25) is 0 Å². The maximum atomic E-state index is 12.3. The summed E-state index contributed by atoms with van der Waals surface area (Å²) in [4.78, 5) is 36.1. The summed E-state index contributed by atoms with van der Waals surface area (Å²) >= 11 is 0. The molecule has 2 rings (SSSR count). The standard InChI is InChI=1S/C14H16N2O5/c1-3-10(13(18)19)16-12(17)11(15-14(16)20)8-4-6-9(21-2)7-5-8/h4-7,10-11H,3H2,1-2H3,(H,15,20)(H,18,19). The zero-order chi connectivity index (χ0) is 15.6. The number of hydrogen-bond donors (Lipinski definition) is 2. The van der Waals surface area contributed by atoms with E-state index in [4.69, 9.17) is 9.84 Å². The van der Waals surface area contributed by atoms with E-state index in [1.807, 2.05) is 0 Å². The smallest absolute Gasteiger partial charge is 0.326 e. The molecule has 3 amide bonds. The molecule has 0 saturated carbocycles. The van der Waals surface area contributed by atoms with Crippen molar-refractivity contribution in [2.45, 2.75) is 25.4 Å². The van der Waals surface area contributed by atoms with Gasteiger partial charge in [-0.2, -0.15) is 0 Å². The zero-order valence-corrected chi connectivity index (χ0v) is 11.7. The normalized spacial score (nSPS) is 19.3. The predicted octanol–water partition coefficient (Wildman–Crippen LogP) is 1.15. The number of hydrogen-bond acceptors (Lipinski definition) is 4. The van der Waals surface area contributed by atoms with Crippen molar-refractivity contribution in [1.82, 2.24) is 10.2 Å². The third kappa shape index (κ3) is 2.67. The van der Waals surface area contributed by atoms with Crippen LogP contribution in [0.15, 0.2) is 24.3 Å². The fraction of sp³-hybridized carbons (Fsp3) is 0.357. The van der Waals surface area contributed by atoms with Gasteiger partial charge in [-0.15, -0.1) is 0 Å². The Morgan fingerprint density at radius 3 is 2.48 bits per heavy atom. The number of ether oxygens (including phenoxy) is 1. The summed E-state index contributed by atoms with van der Waals surface area (Å²) in [5.41, 5.74) is 0.580. The third-order valence-electron chi connectivity index (χ3n) is 3.40. The summed E-state index contributed by atoms with van der Waals surface area (Å²) in [5, 5.41) is 11.6. The minimum atomic E-state index is -1.20. The van der Waals surface area contributed by atoms with Gasteiger partial charge in [0, 0.05) is 0 Å². The lowest BCUT2D eigenvalue weighted by Crippen LogP contribution is -2.45. The van der Waals surface area contributed by atoms with E-state index in [1.165, 1.54) is 7.11 Å². The van der Waals surface area contributed by atoms with Gasteiger partial charge in [0.1, 0.15) is 17.8 Å². The molecule has 1 saturated heterocycles. The first kappa shape index (κ1) is 14.8. The number of aliphatic carboxylic acids is 1. The zero-order valence-electron chi connectivity index (χ0n) is 11.7. The predicted molar refractivity (Wildman–Crippen MR) is 72.8 cm³/mol. The summed E-state index contributed by atoms with van der Waals surface area (Å²) in [6.45, 7) is 1.61. The van der Waals surface area contributed by atoms with Gasteiger partial charge in [-0.05, 0) is 24.1 Å². The maximum absolute atomic E-state index is 12.3. The molecule has 0 aliphatic carbocycles. The fourth-order valence-electron chi connectivity index (χ4n) is 2.28. The SMILES string of the molecule is CCC(C(=O)O)N1C(=O)NC(c2ccc(OC)cc2)C1=O. The Morgan fingerprint density at radius 2 is 2.00 bits per heavy atom. The van der Waals surface area contributed by atoms with E-state index in [0.717, 1.165) is 4.90 Å². The quantitative estimate of drug-likeness (QED) is 0.794. The van der Waals surface area contributed by atoms with Gasteiger partial charge < -0.3 is 15.2 Å². The van der Waals surface area contributed by atoms with Crippen LogP contribution in [0.3, 0.4) is 0 Å². The van der Waals surface area contributed by atoms with Crippen LogP contribution in [-0.4, -0.2) is 41.1 Å². The van der Waals surface area contributed by atoms with Gasteiger partial charge >= 0.3 is 12.0 Å². The molecule has 1 aliphatic heterocycles. The molecular weight excluding hydrogens is 276 g/mol. The molecule has 7 heteroatoms. The topological polar surface area (TPSA) is 95.9 Å². The largest absolute Gasteiger partial charge is 0.497 e. The van der Waals surface area contributed by atoms with Crippen molar-refractivity contribution < 1.29 is 24.2 Å². The minimum absolute atomic E-state index is 0.157. The van der Waals surface area contributed by atoms with Crippen molar-refractivity contribution in [2.75, 3.05) is 7.11 Å². The number of urea groups is 1. The second-order valence-electron chi connectivity index (χ2n) is 4.63. The summed E-state index contributed by atoms with van der Waals surface area (Å²) in [6, 6.07) is 3.96. The highest BCUT2D eigenvalue weighted by Crippen LogP contribution is 2.26. The maximum Gasteiger partial charge on any atom is 0.326 e. The Kier molecular flexibility index (Phi) is 4.11. The number of nitrogens with one attached hydrogen (secondary N) is 1. The molecule has 2 atom stereocenters. The van der Waals surface area contributed by atoms with E-state index in [9.17, 15) is 14.4 Å². The first-order valence-corrected chi connectivity index (χ1v) is 6.50. The number of methoxy groups -OCH3 is 1. The van der Waals surface area contributed by atoms with Crippen LogP contribution in [0.1, 0.15) is 24.9 Å². The highest BCUT2D eigenvalue weighted by molar-refractivity contribution is 6.07. The molecule has 1 heterocycles. The Hall–Kier alpha value is -2.57. The van der Waals surface area contributed by atoms with E-state index >= 15 is 0 Å². The van der Waals surface area contributed by atoms with Crippen LogP contribution in [0.25, 0.3) is 0 Å². The second kappa shape index (κ2) is 5.82. The molecule has 1 aliphatic rings. The van der Waals surface area contributed by atoms with Crippen LogP contribution in [0.4, 0.5) is 4.79 Å². The molecule has 0 aromatic heterocycles. The lowest BCUT2D eigenvalue weighted by atomic mass is 10.1. The molecule has 2 N–H and O–H groups in total. The number of rotatable bonds is 5. The molecule has 112 valence electrons. The van der Waals surface area contributed by atoms with Crippen molar-refractivity contribution in [2.24, 2.45) is 0 Å². The average Bonchev–Trinajstić information content (AvgIpc) is 2.76. The molecule has 1 aromatic carbocycles. The fourth-order valence-corrected chi connectivity index (χ4v) is 2.28. The Balaban J connectivity index is 2.26. The minimum Gasteiger partial charge on any atom is -0.497 e. The monoisotopic (exact) mass is 292 g/mol. The molecule has 7 nitrogen and oxygen atoms in total. The van der Waals surface area contributed by atoms with Gasteiger partial charge in [-0.3, -0.25) is 4.79 Å². The molecule has 0 bridgehead atoms. The summed E-state index contributed by atoms with van der Waals surface area (Å²) in [5.74, 6) is -1.12. The van der Waals surface area contributed by atoms with E-state index in [2.05, 4.69) is 5.32 Å². The van der Waals surface area contributed by atoms with E-state index in [-0.39, 0.29) is 6.42 Å². The first-order chi connectivity index (χ1) is 9.99. The molecule has 21 heavy (non-hydrogen) atoms. The van der Waals surface area contributed by atoms with Crippen molar-refractivity contribution in [3.63, 3.8) is 0 Å². The number of benzene rings is 1. The molecule has 1 fully saturated rings. The number of carbonyl (C=O) groups excluding carboxylic acids is 2. The lowest BCUT2D eigenvalue weighted by Gasteiger charge is -2.20. The highest BCUT2D eigenvalue weighted by Gasteiger charge is 2.44. The van der Waals surface area contributed by atoms with Gasteiger partial charge in [0.05, 0.1) is 7.11 Å². The highest BCUT2D eigenvalue weighted by atomic mass is 16.5. The Bertz CT molecular complexity index is 569. The summed E-state index contributed by atoms with van der Waals surface area (Å²) < 4.78 is 5.03. The van der Waals surface area contributed by atoms with Crippen molar-refractivity contribution in [3.8, 4) is 5.75 Å². The van der Waals surface area contributed by atoms with E-state index < -0.39 is 30.0 Å². The molecular formula is C14H16N2O5. The van der Waals surface area contributed by atoms with Gasteiger partial charge in [-0.25, -0.2) is 14.5 Å². The van der Waals surface area contributed by atoms with Crippen LogP contribution in [-0.2, 0) is 9.59 Å². The number of nitrogens with zero attached hydrogens (tertiary/aromatic N) is 1. The molecule has 1 aromatic rings. The summed E-state index contributed by atoms with van der Waals surface area (Å²) in [6.07, 6.45) is 0.157. The molecule has 0 radical (unpaired) electrons. The second-order valence-corrected chi connectivity index (χ2v) is 4.63. The van der Waals surface area contributed by atoms with Crippen molar-refractivity contribution >= 4 is 17.9 Å². The van der Waals surface area contributed by atoms with Crippen molar-refractivity contribution in [1.29, 1.82) is 0 Å². The van der Waals surface area contributed by atoms with Crippen molar-refractivity contribution in [3.05, 3.63) is 29.8 Å². The molecule has 0 spiro atoms. The number of carbonyl (C=O) groups is 3. The van der Waals surface area contributed by atoms with Crippen LogP contribution < -0.4 is 10.1 Å². The number of imide groups is 1. The van der Waals surface area contributed by atoms with Gasteiger partial charge in [-0.1, -0.05) is 19.1 Å².